The number of benzene rings is 1. The maximum Gasteiger partial charge on any atom is 0.228 e. The van der Waals surface area contributed by atoms with Crippen LogP contribution in [-0.4, -0.2) is 16.1 Å². The minimum atomic E-state index is 0.0563. The van der Waals surface area contributed by atoms with Crippen LogP contribution in [0.5, 0.6) is 0 Å². The highest BCUT2D eigenvalue weighted by Gasteiger charge is 2.21. The molecule has 0 bridgehead atoms. The van der Waals surface area contributed by atoms with Gasteiger partial charge in [-0.05, 0) is 36.6 Å². The predicted octanol–water partition coefficient (Wildman–Crippen LogP) is 4.26. The lowest BCUT2D eigenvalue weighted by Gasteiger charge is -2.20. The zero-order valence-corrected chi connectivity index (χ0v) is 14.2. The highest BCUT2D eigenvalue weighted by molar-refractivity contribution is 6.31. The summed E-state index contributed by atoms with van der Waals surface area (Å²) in [6.45, 7) is 0.572. The first-order valence-electron chi connectivity index (χ1n) is 8.34. The summed E-state index contributed by atoms with van der Waals surface area (Å²) < 4.78 is 0. The molecule has 0 aliphatic heterocycles. The van der Waals surface area contributed by atoms with Crippen LogP contribution in [0.25, 0.3) is 0 Å². The van der Waals surface area contributed by atoms with Crippen molar-refractivity contribution >= 4 is 29.1 Å². The van der Waals surface area contributed by atoms with E-state index < -0.39 is 0 Å². The van der Waals surface area contributed by atoms with Gasteiger partial charge >= 0.3 is 0 Å². The van der Waals surface area contributed by atoms with E-state index in [-0.39, 0.29) is 11.8 Å². The average molecular weight is 345 g/mol. The zero-order valence-electron chi connectivity index (χ0n) is 13.5. The van der Waals surface area contributed by atoms with E-state index in [1.807, 2.05) is 24.3 Å². The number of hydrogen-bond acceptors (Lipinski definition) is 4. The lowest BCUT2D eigenvalue weighted by atomic mass is 9.89. The molecule has 2 aromatic rings. The topological polar surface area (TPSA) is 66.9 Å². The Bertz CT molecular complexity index is 684. The molecular weight excluding hydrogens is 324 g/mol. The molecule has 0 unspecified atom stereocenters. The van der Waals surface area contributed by atoms with Gasteiger partial charge in [-0.25, -0.2) is 0 Å². The van der Waals surface area contributed by atoms with Crippen molar-refractivity contribution in [3.05, 3.63) is 47.0 Å². The summed E-state index contributed by atoms with van der Waals surface area (Å²) in [5, 5.41) is 14.9. The fraction of sp³-hybridized carbons (Fsp3) is 0.389. The van der Waals surface area contributed by atoms with Crippen LogP contribution in [0.3, 0.4) is 0 Å². The fourth-order valence-corrected chi connectivity index (χ4v) is 3.12. The van der Waals surface area contributed by atoms with Crippen molar-refractivity contribution in [3.8, 4) is 0 Å². The van der Waals surface area contributed by atoms with Crippen LogP contribution in [0.15, 0.2) is 36.4 Å². The Balaban J connectivity index is 1.53. The number of halogens is 1. The molecule has 1 aromatic heterocycles. The molecule has 1 amide bonds. The molecule has 24 heavy (non-hydrogen) atoms. The number of amides is 1. The summed E-state index contributed by atoms with van der Waals surface area (Å²) in [6.07, 6.45) is 5.44. The molecule has 3 rings (SSSR count). The second-order valence-corrected chi connectivity index (χ2v) is 6.48. The number of rotatable bonds is 5. The van der Waals surface area contributed by atoms with Gasteiger partial charge < -0.3 is 10.6 Å². The van der Waals surface area contributed by atoms with Crippen molar-refractivity contribution in [2.75, 3.05) is 10.6 Å². The summed E-state index contributed by atoms with van der Waals surface area (Å²) >= 11 is 6.12. The third kappa shape index (κ3) is 4.45. The molecule has 0 spiro atoms. The Morgan fingerprint density at radius 1 is 1.04 bits per heavy atom. The van der Waals surface area contributed by atoms with Crippen LogP contribution in [-0.2, 0) is 11.3 Å². The third-order valence-corrected chi connectivity index (χ3v) is 4.68. The van der Waals surface area contributed by atoms with Gasteiger partial charge in [0, 0.05) is 17.5 Å². The molecule has 1 fully saturated rings. The number of nitrogens with zero attached hydrogens (tertiary/aromatic N) is 2. The van der Waals surface area contributed by atoms with Gasteiger partial charge in [-0.3, -0.25) is 4.79 Å². The van der Waals surface area contributed by atoms with Crippen molar-refractivity contribution in [1.82, 2.24) is 10.2 Å². The molecule has 1 saturated carbocycles. The van der Waals surface area contributed by atoms with Gasteiger partial charge in [0.25, 0.3) is 0 Å². The van der Waals surface area contributed by atoms with Crippen LogP contribution in [0.4, 0.5) is 11.6 Å². The Hall–Kier alpha value is -2.14. The van der Waals surface area contributed by atoms with Crippen molar-refractivity contribution in [2.45, 2.75) is 38.6 Å². The second kappa shape index (κ2) is 8.11. The van der Waals surface area contributed by atoms with E-state index in [0.29, 0.717) is 23.2 Å². The van der Waals surface area contributed by atoms with Gasteiger partial charge in [0.15, 0.2) is 5.82 Å². The number of carbonyl (C=O) groups is 1. The molecule has 1 aromatic carbocycles. The Morgan fingerprint density at radius 2 is 1.75 bits per heavy atom. The quantitative estimate of drug-likeness (QED) is 0.850. The average Bonchev–Trinajstić information content (AvgIpc) is 2.63. The number of carbonyl (C=O) groups excluding carboxylic acids is 1. The van der Waals surface area contributed by atoms with Gasteiger partial charge in [-0.2, -0.15) is 0 Å². The molecule has 1 aliphatic carbocycles. The van der Waals surface area contributed by atoms with Crippen molar-refractivity contribution < 1.29 is 4.79 Å². The molecule has 6 heteroatoms. The molecule has 0 saturated heterocycles. The largest absolute Gasteiger partial charge is 0.364 e. The molecule has 1 heterocycles. The second-order valence-electron chi connectivity index (χ2n) is 6.07. The summed E-state index contributed by atoms with van der Waals surface area (Å²) in [4.78, 5) is 12.2. The monoisotopic (exact) mass is 344 g/mol. The summed E-state index contributed by atoms with van der Waals surface area (Å²) in [6, 6.07) is 11.2. The first-order chi connectivity index (χ1) is 11.7. The number of nitrogens with one attached hydrogen (secondary N) is 2. The lowest BCUT2D eigenvalue weighted by Crippen LogP contribution is -2.25. The predicted molar refractivity (Wildman–Crippen MR) is 96.0 cm³/mol. The van der Waals surface area contributed by atoms with Gasteiger partial charge in [-0.1, -0.05) is 49.1 Å². The van der Waals surface area contributed by atoms with E-state index in [1.54, 1.807) is 12.1 Å². The maximum atomic E-state index is 12.2. The highest BCUT2D eigenvalue weighted by atomic mass is 35.5. The SMILES string of the molecule is O=C(Nc1ccc(NCc2ccccc2Cl)nn1)C1CCCCC1. The number of aromatic nitrogens is 2. The van der Waals surface area contributed by atoms with E-state index in [2.05, 4.69) is 20.8 Å². The number of hydrogen-bond donors (Lipinski definition) is 2. The molecule has 2 N–H and O–H groups in total. The van der Waals surface area contributed by atoms with E-state index in [4.69, 9.17) is 11.6 Å². The van der Waals surface area contributed by atoms with E-state index in [9.17, 15) is 4.79 Å². The highest BCUT2D eigenvalue weighted by Crippen LogP contribution is 2.24. The lowest BCUT2D eigenvalue weighted by molar-refractivity contribution is -0.120. The molecular formula is C18H21ClN4O. The van der Waals surface area contributed by atoms with Crippen LogP contribution in [0, 0.1) is 5.92 Å². The minimum Gasteiger partial charge on any atom is -0.364 e. The maximum absolute atomic E-state index is 12.2. The molecule has 5 nitrogen and oxygen atoms in total. The fourth-order valence-electron chi connectivity index (χ4n) is 2.91. The first-order valence-corrected chi connectivity index (χ1v) is 8.72. The van der Waals surface area contributed by atoms with Gasteiger partial charge in [0.1, 0.15) is 5.82 Å². The van der Waals surface area contributed by atoms with Gasteiger partial charge in [-0.15, -0.1) is 10.2 Å². The standard InChI is InChI=1S/C18H21ClN4O/c19-15-9-5-4-8-14(15)12-20-16-10-11-17(23-22-16)21-18(24)13-6-2-1-3-7-13/h4-5,8-11,13H,1-3,6-7,12H2,(H,20,22)(H,21,23,24). The third-order valence-electron chi connectivity index (χ3n) is 4.31. The van der Waals surface area contributed by atoms with Crippen LogP contribution in [0.1, 0.15) is 37.7 Å². The van der Waals surface area contributed by atoms with Crippen LogP contribution in [0.2, 0.25) is 5.02 Å². The van der Waals surface area contributed by atoms with Gasteiger partial charge in [0.2, 0.25) is 5.91 Å². The molecule has 0 atom stereocenters. The molecule has 0 radical (unpaired) electrons. The van der Waals surface area contributed by atoms with Crippen LogP contribution >= 0.6 is 11.6 Å². The minimum absolute atomic E-state index is 0.0563. The summed E-state index contributed by atoms with van der Waals surface area (Å²) in [5.41, 5.74) is 0.996. The summed E-state index contributed by atoms with van der Waals surface area (Å²) in [7, 11) is 0. The first kappa shape index (κ1) is 16.7. The van der Waals surface area contributed by atoms with Crippen molar-refractivity contribution in [2.24, 2.45) is 5.92 Å². The van der Waals surface area contributed by atoms with E-state index in [1.165, 1.54) is 6.42 Å². The number of anilines is 2. The van der Waals surface area contributed by atoms with Crippen molar-refractivity contribution in [1.29, 1.82) is 0 Å². The van der Waals surface area contributed by atoms with Crippen LogP contribution < -0.4 is 10.6 Å². The Labute approximate surface area is 146 Å². The van der Waals surface area contributed by atoms with E-state index in [0.717, 1.165) is 31.2 Å². The summed E-state index contributed by atoms with van der Waals surface area (Å²) in [5.74, 6) is 1.30. The van der Waals surface area contributed by atoms with Crippen molar-refractivity contribution in [3.63, 3.8) is 0 Å². The molecule has 1 aliphatic rings. The Morgan fingerprint density at radius 3 is 2.46 bits per heavy atom. The normalized spacial score (nSPS) is 15.0. The van der Waals surface area contributed by atoms with E-state index >= 15 is 0 Å². The van der Waals surface area contributed by atoms with Gasteiger partial charge in [0.05, 0.1) is 0 Å². The molecule has 126 valence electrons. The zero-order chi connectivity index (χ0) is 16.8. The Kier molecular flexibility index (Phi) is 5.64. The smallest absolute Gasteiger partial charge is 0.228 e.